The summed E-state index contributed by atoms with van der Waals surface area (Å²) < 4.78 is 0. The summed E-state index contributed by atoms with van der Waals surface area (Å²) in [6.45, 7) is 4.81. The number of thiophene rings is 1. The molecule has 2 aromatic rings. The number of hydrogen-bond acceptors (Lipinski definition) is 3. The second kappa shape index (κ2) is 8.49. The predicted octanol–water partition coefficient (Wildman–Crippen LogP) is 4.91. The average molecular weight is 431 g/mol. The highest BCUT2D eigenvalue weighted by Crippen LogP contribution is 2.38. The molecule has 1 aromatic heterocycles. The third-order valence-electron chi connectivity index (χ3n) is 6.14. The Bertz CT molecular complexity index is 889. The molecule has 1 atom stereocenters. The van der Waals surface area contributed by atoms with Gasteiger partial charge in [-0.1, -0.05) is 30.2 Å². The Balaban J connectivity index is 1.60. The fraction of sp³-hybridized carbons (Fsp3) is 0.478. The van der Waals surface area contributed by atoms with Gasteiger partial charge in [-0.3, -0.25) is 9.59 Å². The Hall–Kier alpha value is -1.85. The number of fused-ring (bicyclic) bond motifs is 1. The Morgan fingerprint density at radius 1 is 1.21 bits per heavy atom. The van der Waals surface area contributed by atoms with Crippen molar-refractivity contribution in [3.63, 3.8) is 0 Å². The van der Waals surface area contributed by atoms with Crippen LogP contribution >= 0.6 is 22.9 Å². The molecule has 2 heterocycles. The summed E-state index contributed by atoms with van der Waals surface area (Å²) in [6, 6.07) is 9.77. The summed E-state index contributed by atoms with van der Waals surface area (Å²) in [7, 11) is 0. The Morgan fingerprint density at radius 3 is 2.55 bits per heavy atom. The van der Waals surface area contributed by atoms with E-state index in [0.717, 1.165) is 31.2 Å². The van der Waals surface area contributed by atoms with Gasteiger partial charge in [-0.05, 0) is 67.8 Å². The van der Waals surface area contributed by atoms with Gasteiger partial charge in [0.1, 0.15) is 6.54 Å². The van der Waals surface area contributed by atoms with E-state index >= 15 is 0 Å². The van der Waals surface area contributed by atoms with E-state index in [1.54, 1.807) is 16.2 Å². The molecule has 0 bridgehead atoms. The number of hydrogen-bond donors (Lipinski definition) is 0. The maximum Gasteiger partial charge on any atom is 0.243 e. The molecule has 6 heteroatoms. The molecule has 1 fully saturated rings. The normalized spacial score (nSPS) is 19.0. The Kier molecular flexibility index (Phi) is 5.98. The molecule has 1 aromatic carbocycles. The van der Waals surface area contributed by atoms with E-state index < -0.39 is 0 Å². The summed E-state index contributed by atoms with van der Waals surface area (Å²) in [5.41, 5.74) is 2.25. The van der Waals surface area contributed by atoms with Gasteiger partial charge in [0, 0.05) is 28.4 Å². The van der Waals surface area contributed by atoms with Crippen LogP contribution in [0.1, 0.15) is 55.2 Å². The van der Waals surface area contributed by atoms with Gasteiger partial charge >= 0.3 is 0 Å². The molecule has 154 valence electrons. The number of carbonyl (C=O) groups excluding carboxylic acids is 2. The number of carbonyl (C=O) groups is 2. The molecule has 0 N–H and O–H groups in total. The van der Waals surface area contributed by atoms with Gasteiger partial charge in [0.15, 0.2) is 0 Å². The molecule has 0 radical (unpaired) electrons. The molecular formula is C23H27ClN2O2S. The highest BCUT2D eigenvalue weighted by Gasteiger charge is 2.36. The smallest absolute Gasteiger partial charge is 0.243 e. The second-order valence-corrected chi connectivity index (χ2v) is 9.72. The van der Waals surface area contributed by atoms with Crippen molar-refractivity contribution in [3.8, 4) is 0 Å². The van der Waals surface area contributed by atoms with Gasteiger partial charge in [0.2, 0.25) is 11.8 Å². The van der Waals surface area contributed by atoms with Crippen molar-refractivity contribution in [3.05, 3.63) is 56.7 Å². The van der Waals surface area contributed by atoms with E-state index in [1.165, 1.54) is 10.4 Å². The molecule has 29 heavy (non-hydrogen) atoms. The SMILES string of the molecule is CC(C)N(CC(=O)N1CCc2sccc2C1c1ccc(Cl)cc1)C(=O)C1CCC1. The summed E-state index contributed by atoms with van der Waals surface area (Å²) in [6.07, 6.45) is 3.88. The molecule has 0 spiro atoms. The fourth-order valence-corrected chi connectivity index (χ4v) is 5.26. The molecule has 4 nitrogen and oxygen atoms in total. The number of nitrogens with zero attached hydrogens (tertiary/aromatic N) is 2. The van der Waals surface area contributed by atoms with Crippen molar-refractivity contribution >= 4 is 34.8 Å². The van der Waals surface area contributed by atoms with Gasteiger partial charge in [-0.2, -0.15) is 0 Å². The first-order valence-electron chi connectivity index (χ1n) is 10.4. The van der Waals surface area contributed by atoms with E-state index in [0.29, 0.717) is 11.6 Å². The van der Waals surface area contributed by atoms with Crippen molar-refractivity contribution in [2.24, 2.45) is 5.92 Å². The van der Waals surface area contributed by atoms with Crippen molar-refractivity contribution in [2.45, 2.75) is 51.6 Å². The average Bonchev–Trinajstić information content (AvgIpc) is 3.13. The highest BCUT2D eigenvalue weighted by atomic mass is 35.5. The number of rotatable bonds is 5. The Labute approximate surface area is 181 Å². The van der Waals surface area contributed by atoms with Gasteiger partial charge in [-0.25, -0.2) is 0 Å². The molecule has 2 amide bonds. The Morgan fingerprint density at radius 2 is 1.93 bits per heavy atom. The zero-order valence-electron chi connectivity index (χ0n) is 16.9. The minimum absolute atomic E-state index is 0.0162. The molecule has 1 aliphatic carbocycles. The topological polar surface area (TPSA) is 40.6 Å². The third-order valence-corrected chi connectivity index (χ3v) is 7.39. The van der Waals surface area contributed by atoms with Crippen LogP contribution in [0.4, 0.5) is 0 Å². The van der Waals surface area contributed by atoms with Crippen LogP contribution in [0.2, 0.25) is 5.02 Å². The number of amides is 2. The van der Waals surface area contributed by atoms with Gasteiger partial charge in [0.05, 0.1) is 6.04 Å². The molecule has 0 saturated heterocycles. The van der Waals surface area contributed by atoms with Crippen LogP contribution in [-0.2, 0) is 16.0 Å². The lowest BCUT2D eigenvalue weighted by molar-refractivity contribution is -0.147. The maximum atomic E-state index is 13.4. The first kappa shape index (κ1) is 20.4. The molecular weight excluding hydrogens is 404 g/mol. The quantitative estimate of drug-likeness (QED) is 0.675. The van der Waals surface area contributed by atoms with Gasteiger partial charge < -0.3 is 9.80 Å². The standard InChI is InChI=1S/C23H27ClN2O2S/c1-15(2)26(23(28)17-4-3-5-17)14-21(27)25-12-10-20-19(11-13-29-20)22(25)16-6-8-18(24)9-7-16/h6-9,11,13,15,17,22H,3-5,10,12,14H2,1-2H3. The second-order valence-electron chi connectivity index (χ2n) is 8.28. The van der Waals surface area contributed by atoms with Crippen molar-refractivity contribution in [1.82, 2.24) is 9.80 Å². The minimum atomic E-state index is -0.123. The van der Waals surface area contributed by atoms with Crippen LogP contribution in [0.25, 0.3) is 0 Å². The van der Waals surface area contributed by atoms with Crippen molar-refractivity contribution < 1.29 is 9.59 Å². The first-order valence-corrected chi connectivity index (χ1v) is 11.6. The molecule has 1 saturated carbocycles. The molecule has 1 unspecified atom stereocenters. The lowest BCUT2D eigenvalue weighted by atomic mass is 9.84. The van der Waals surface area contributed by atoms with Crippen LogP contribution in [0.3, 0.4) is 0 Å². The monoisotopic (exact) mass is 430 g/mol. The zero-order valence-corrected chi connectivity index (χ0v) is 18.5. The van der Waals surface area contributed by atoms with Crippen LogP contribution in [0.15, 0.2) is 35.7 Å². The fourth-order valence-electron chi connectivity index (χ4n) is 4.23. The lowest BCUT2D eigenvalue weighted by Crippen LogP contribution is -2.50. The molecule has 4 rings (SSSR count). The van der Waals surface area contributed by atoms with E-state index in [4.69, 9.17) is 11.6 Å². The van der Waals surface area contributed by atoms with Gasteiger partial charge in [-0.15, -0.1) is 11.3 Å². The van der Waals surface area contributed by atoms with Crippen molar-refractivity contribution in [1.29, 1.82) is 0 Å². The van der Waals surface area contributed by atoms with Crippen LogP contribution in [-0.4, -0.2) is 40.7 Å². The van der Waals surface area contributed by atoms with Crippen LogP contribution in [0.5, 0.6) is 0 Å². The highest BCUT2D eigenvalue weighted by molar-refractivity contribution is 7.10. The van der Waals surface area contributed by atoms with E-state index in [9.17, 15) is 9.59 Å². The molecule has 2 aliphatic rings. The zero-order chi connectivity index (χ0) is 20.5. The molecule has 1 aliphatic heterocycles. The van der Waals surface area contributed by atoms with E-state index in [1.807, 2.05) is 43.0 Å². The summed E-state index contributed by atoms with van der Waals surface area (Å²) in [5, 5.41) is 2.78. The van der Waals surface area contributed by atoms with Crippen LogP contribution < -0.4 is 0 Å². The number of benzene rings is 1. The van der Waals surface area contributed by atoms with E-state index in [-0.39, 0.29) is 36.4 Å². The third kappa shape index (κ3) is 4.08. The first-order chi connectivity index (χ1) is 14.0. The van der Waals surface area contributed by atoms with E-state index in [2.05, 4.69) is 11.4 Å². The minimum Gasteiger partial charge on any atom is -0.331 e. The van der Waals surface area contributed by atoms with Gasteiger partial charge in [0.25, 0.3) is 0 Å². The largest absolute Gasteiger partial charge is 0.331 e. The summed E-state index contributed by atoms with van der Waals surface area (Å²) >= 11 is 7.84. The maximum absolute atomic E-state index is 13.4. The summed E-state index contributed by atoms with van der Waals surface area (Å²) in [5.74, 6) is 0.251. The van der Waals surface area contributed by atoms with Crippen molar-refractivity contribution in [2.75, 3.05) is 13.1 Å². The lowest BCUT2D eigenvalue weighted by Gasteiger charge is -2.39. The predicted molar refractivity (Wildman–Crippen MR) is 117 cm³/mol. The number of halogens is 1. The van der Waals surface area contributed by atoms with Crippen LogP contribution in [0, 0.1) is 5.92 Å². The summed E-state index contributed by atoms with van der Waals surface area (Å²) in [4.78, 5) is 31.4.